The van der Waals surface area contributed by atoms with Gasteiger partial charge in [-0.15, -0.1) is 0 Å². The number of nitrogens with zero attached hydrogens (tertiary/aromatic N) is 4. The van der Waals surface area contributed by atoms with Crippen molar-refractivity contribution in [3.63, 3.8) is 0 Å². The zero-order valence-electron chi connectivity index (χ0n) is 15.2. The van der Waals surface area contributed by atoms with Gasteiger partial charge in [-0.25, -0.2) is 19.3 Å². The third-order valence-electron chi connectivity index (χ3n) is 4.21. The predicted octanol–water partition coefficient (Wildman–Crippen LogP) is 2.19. The molecule has 0 spiro atoms. The van der Waals surface area contributed by atoms with E-state index in [9.17, 15) is 9.18 Å². The maximum Gasteiger partial charge on any atom is 0.224 e. The van der Waals surface area contributed by atoms with E-state index >= 15 is 0 Å². The molecule has 1 amide bonds. The van der Waals surface area contributed by atoms with E-state index in [2.05, 4.69) is 25.6 Å². The molecule has 27 heavy (non-hydrogen) atoms. The smallest absolute Gasteiger partial charge is 0.224 e. The van der Waals surface area contributed by atoms with Crippen LogP contribution < -0.4 is 10.6 Å². The van der Waals surface area contributed by atoms with Gasteiger partial charge in [-0.1, -0.05) is 18.2 Å². The van der Waals surface area contributed by atoms with Crippen LogP contribution >= 0.6 is 0 Å². The lowest BCUT2D eigenvalue weighted by Crippen LogP contribution is -2.30. The Kier molecular flexibility index (Phi) is 5.75. The predicted molar refractivity (Wildman–Crippen MR) is 100 cm³/mol. The summed E-state index contributed by atoms with van der Waals surface area (Å²) in [5.74, 6) is 0.766. The first-order valence-electron chi connectivity index (χ1n) is 8.61. The number of imidazole rings is 1. The number of aromatic nitrogens is 4. The number of carbonyl (C=O) groups is 1. The lowest BCUT2D eigenvalue weighted by molar-refractivity contribution is -0.120. The minimum atomic E-state index is -0.371. The quantitative estimate of drug-likeness (QED) is 0.625. The number of nitrogens with one attached hydrogen (secondary N) is 2. The molecule has 3 aromatic rings. The van der Waals surface area contributed by atoms with Crippen molar-refractivity contribution in [2.24, 2.45) is 0 Å². The Morgan fingerprint density at radius 1 is 1.15 bits per heavy atom. The van der Waals surface area contributed by atoms with Gasteiger partial charge < -0.3 is 10.6 Å². The van der Waals surface area contributed by atoms with Gasteiger partial charge in [0.1, 0.15) is 30.1 Å². The molecule has 8 heteroatoms. The van der Waals surface area contributed by atoms with Crippen LogP contribution in [0.2, 0.25) is 0 Å². The molecule has 0 saturated heterocycles. The van der Waals surface area contributed by atoms with Gasteiger partial charge >= 0.3 is 0 Å². The summed E-state index contributed by atoms with van der Waals surface area (Å²) in [4.78, 5) is 24.6. The second-order valence-electron chi connectivity index (χ2n) is 6.09. The van der Waals surface area contributed by atoms with E-state index in [0.29, 0.717) is 30.3 Å². The number of hydrogen-bond acceptors (Lipinski definition) is 5. The summed E-state index contributed by atoms with van der Waals surface area (Å²) in [5, 5.41) is 5.90. The Morgan fingerprint density at radius 2 is 1.96 bits per heavy atom. The molecule has 140 valence electrons. The van der Waals surface area contributed by atoms with Gasteiger partial charge in [0.25, 0.3) is 0 Å². The zero-order valence-corrected chi connectivity index (χ0v) is 15.2. The summed E-state index contributed by atoms with van der Waals surface area (Å²) in [6.45, 7) is 4.80. The van der Waals surface area contributed by atoms with Crippen LogP contribution in [0.25, 0.3) is 5.82 Å². The SMILES string of the molecule is Cc1ncn(-c2cc(NCCNC(=O)Cc3ccccc3F)ncn2)c1C. The van der Waals surface area contributed by atoms with Crippen molar-refractivity contribution < 1.29 is 9.18 Å². The van der Waals surface area contributed by atoms with E-state index in [4.69, 9.17) is 0 Å². The minimum Gasteiger partial charge on any atom is -0.368 e. The highest BCUT2D eigenvalue weighted by molar-refractivity contribution is 5.78. The van der Waals surface area contributed by atoms with Crippen LogP contribution in [0.5, 0.6) is 0 Å². The van der Waals surface area contributed by atoms with E-state index in [1.165, 1.54) is 12.4 Å². The number of amides is 1. The lowest BCUT2D eigenvalue weighted by Gasteiger charge is -2.09. The van der Waals surface area contributed by atoms with Crippen LogP contribution in [0.4, 0.5) is 10.2 Å². The molecule has 2 aromatic heterocycles. The van der Waals surface area contributed by atoms with E-state index in [1.807, 2.05) is 24.5 Å². The van der Waals surface area contributed by atoms with Gasteiger partial charge in [0.2, 0.25) is 5.91 Å². The second-order valence-corrected chi connectivity index (χ2v) is 6.09. The van der Waals surface area contributed by atoms with Crippen LogP contribution in [-0.2, 0) is 11.2 Å². The fourth-order valence-electron chi connectivity index (χ4n) is 2.57. The van der Waals surface area contributed by atoms with Crippen molar-refractivity contribution in [3.8, 4) is 5.82 Å². The van der Waals surface area contributed by atoms with Gasteiger partial charge in [-0.2, -0.15) is 0 Å². The van der Waals surface area contributed by atoms with Crippen molar-refractivity contribution in [1.29, 1.82) is 0 Å². The van der Waals surface area contributed by atoms with Gasteiger partial charge in [-0.3, -0.25) is 9.36 Å². The first-order chi connectivity index (χ1) is 13.0. The van der Waals surface area contributed by atoms with Crippen LogP contribution in [0.15, 0.2) is 43.0 Å². The first-order valence-corrected chi connectivity index (χ1v) is 8.61. The molecule has 2 heterocycles. The number of anilines is 1. The Hall–Kier alpha value is -3.29. The highest BCUT2D eigenvalue weighted by Crippen LogP contribution is 2.13. The van der Waals surface area contributed by atoms with Gasteiger partial charge in [-0.05, 0) is 25.5 Å². The summed E-state index contributed by atoms with van der Waals surface area (Å²) >= 11 is 0. The number of carbonyl (C=O) groups excluding carboxylic acids is 1. The molecule has 1 aromatic carbocycles. The molecule has 0 atom stereocenters. The largest absolute Gasteiger partial charge is 0.368 e. The van der Waals surface area contributed by atoms with E-state index in [1.54, 1.807) is 24.5 Å². The molecule has 2 N–H and O–H groups in total. The van der Waals surface area contributed by atoms with Gasteiger partial charge in [0.05, 0.1) is 12.1 Å². The summed E-state index contributed by atoms with van der Waals surface area (Å²) in [6, 6.07) is 8.08. The topological polar surface area (TPSA) is 84.7 Å². The number of benzene rings is 1. The number of hydrogen-bond donors (Lipinski definition) is 2. The number of halogens is 1. The molecule has 0 saturated carbocycles. The Bertz CT molecular complexity index is 939. The third-order valence-corrected chi connectivity index (χ3v) is 4.21. The maximum absolute atomic E-state index is 13.6. The summed E-state index contributed by atoms with van der Waals surface area (Å²) in [5.41, 5.74) is 2.34. The first kappa shape index (κ1) is 18.5. The van der Waals surface area contributed by atoms with Crippen LogP contribution in [0, 0.1) is 19.7 Å². The van der Waals surface area contributed by atoms with Crippen LogP contribution in [0.3, 0.4) is 0 Å². The molecule has 3 rings (SSSR count). The molecule has 0 unspecified atom stereocenters. The summed E-state index contributed by atoms with van der Waals surface area (Å²) in [7, 11) is 0. The molecular formula is C19H21FN6O. The van der Waals surface area contributed by atoms with Crippen molar-refractivity contribution in [2.75, 3.05) is 18.4 Å². The fourth-order valence-corrected chi connectivity index (χ4v) is 2.57. The van der Waals surface area contributed by atoms with Gasteiger partial charge in [0, 0.05) is 24.8 Å². The van der Waals surface area contributed by atoms with Crippen LogP contribution in [0.1, 0.15) is 17.0 Å². The van der Waals surface area contributed by atoms with Gasteiger partial charge in [0.15, 0.2) is 0 Å². The van der Waals surface area contributed by atoms with E-state index < -0.39 is 0 Å². The maximum atomic E-state index is 13.6. The van der Waals surface area contributed by atoms with Crippen molar-refractivity contribution >= 4 is 11.7 Å². The molecule has 0 aliphatic carbocycles. The fraction of sp³-hybridized carbons (Fsp3) is 0.263. The number of rotatable bonds is 7. The molecular weight excluding hydrogens is 347 g/mol. The molecule has 0 aliphatic rings. The van der Waals surface area contributed by atoms with Crippen molar-refractivity contribution in [3.05, 3.63) is 65.8 Å². The van der Waals surface area contributed by atoms with E-state index in [-0.39, 0.29) is 18.1 Å². The minimum absolute atomic E-state index is 0.0174. The average molecular weight is 368 g/mol. The molecule has 0 bridgehead atoms. The van der Waals surface area contributed by atoms with Crippen molar-refractivity contribution in [1.82, 2.24) is 24.8 Å². The number of aryl methyl sites for hydroxylation is 1. The Labute approximate surface area is 156 Å². The van der Waals surface area contributed by atoms with Crippen molar-refractivity contribution in [2.45, 2.75) is 20.3 Å². The molecule has 0 aliphatic heterocycles. The second kappa shape index (κ2) is 8.39. The molecule has 7 nitrogen and oxygen atoms in total. The Morgan fingerprint density at radius 3 is 2.70 bits per heavy atom. The summed E-state index contributed by atoms with van der Waals surface area (Å²) < 4.78 is 15.4. The monoisotopic (exact) mass is 368 g/mol. The Balaban J connectivity index is 1.49. The lowest BCUT2D eigenvalue weighted by atomic mass is 10.1. The third kappa shape index (κ3) is 4.66. The zero-order chi connectivity index (χ0) is 19.2. The van der Waals surface area contributed by atoms with Crippen LogP contribution in [-0.4, -0.2) is 38.5 Å². The highest BCUT2D eigenvalue weighted by atomic mass is 19.1. The molecule has 0 fully saturated rings. The van der Waals surface area contributed by atoms with E-state index in [0.717, 1.165) is 11.4 Å². The standard InChI is InChI=1S/C19H21FN6O/c1-13-14(2)26(12-25-13)18-10-17(23-11-24-18)21-7-8-22-19(27)9-15-5-3-4-6-16(15)20/h3-6,10-12H,7-9H2,1-2H3,(H,22,27)(H,21,23,24). The highest BCUT2D eigenvalue weighted by Gasteiger charge is 2.08. The normalized spacial score (nSPS) is 10.6. The average Bonchev–Trinajstić information content (AvgIpc) is 3.00. The molecule has 0 radical (unpaired) electrons. The summed E-state index contributed by atoms with van der Waals surface area (Å²) in [6.07, 6.45) is 3.21.